The molecule has 0 spiro atoms. The maximum absolute atomic E-state index is 6.11. The van der Waals surface area contributed by atoms with E-state index in [1.54, 1.807) is 7.11 Å². The van der Waals surface area contributed by atoms with E-state index in [-0.39, 0.29) is 24.0 Å². The molecule has 0 heterocycles. The van der Waals surface area contributed by atoms with E-state index in [0.29, 0.717) is 32.3 Å². The van der Waals surface area contributed by atoms with Crippen LogP contribution >= 0.6 is 24.0 Å². The van der Waals surface area contributed by atoms with Crippen LogP contribution in [0.3, 0.4) is 0 Å². The minimum absolute atomic E-state index is 0. The predicted molar refractivity (Wildman–Crippen MR) is 133 cm³/mol. The highest BCUT2D eigenvalue weighted by molar-refractivity contribution is 14.0. The van der Waals surface area contributed by atoms with Crippen molar-refractivity contribution in [2.45, 2.75) is 26.4 Å². The van der Waals surface area contributed by atoms with Gasteiger partial charge in [0.2, 0.25) is 0 Å². The fourth-order valence-corrected chi connectivity index (χ4v) is 2.98. The van der Waals surface area contributed by atoms with Gasteiger partial charge in [0.05, 0.1) is 26.4 Å². The summed E-state index contributed by atoms with van der Waals surface area (Å²) in [4.78, 5) is 4.50. The molecule has 0 aliphatic carbocycles. The van der Waals surface area contributed by atoms with Gasteiger partial charge < -0.3 is 20.5 Å². The maximum Gasteiger partial charge on any atom is 0.193 e. The van der Waals surface area contributed by atoms with Gasteiger partial charge in [0.25, 0.3) is 0 Å². The van der Waals surface area contributed by atoms with E-state index in [1.165, 1.54) is 0 Å². The van der Waals surface area contributed by atoms with Crippen LogP contribution in [0.1, 0.15) is 22.3 Å². The van der Waals surface area contributed by atoms with Crippen LogP contribution in [0, 0.1) is 0 Å². The minimum Gasteiger partial charge on any atom is -0.380 e. The molecule has 0 unspecified atom stereocenters. The zero-order valence-corrected chi connectivity index (χ0v) is 19.4. The van der Waals surface area contributed by atoms with E-state index in [2.05, 4.69) is 34.6 Å². The third-order valence-electron chi connectivity index (χ3n) is 4.49. The largest absolute Gasteiger partial charge is 0.380 e. The number of rotatable bonds is 9. The Kier molecular flexibility index (Phi) is 10.3. The predicted octanol–water partition coefficient (Wildman–Crippen LogP) is 5.09. The lowest BCUT2D eigenvalue weighted by atomic mass is 10.1. The first-order chi connectivity index (χ1) is 14.3. The molecule has 0 aliphatic rings. The molecular weight excluding hydrogens is 489 g/mol. The topological polar surface area (TPSA) is 68.9 Å². The van der Waals surface area contributed by atoms with Crippen LogP contribution < -0.4 is 11.1 Å². The molecule has 6 heteroatoms. The highest BCUT2D eigenvalue weighted by Crippen LogP contribution is 2.16. The molecule has 0 bridgehead atoms. The van der Waals surface area contributed by atoms with Crippen molar-refractivity contribution < 1.29 is 9.47 Å². The summed E-state index contributed by atoms with van der Waals surface area (Å²) in [5.74, 6) is 0.369. The van der Waals surface area contributed by atoms with Gasteiger partial charge in [-0.15, -0.1) is 24.0 Å². The van der Waals surface area contributed by atoms with Crippen LogP contribution in [0.4, 0.5) is 5.69 Å². The van der Waals surface area contributed by atoms with Crippen LogP contribution in [0.2, 0.25) is 0 Å². The van der Waals surface area contributed by atoms with Crippen LogP contribution in [-0.4, -0.2) is 13.1 Å². The van der Waals surface area contributed by atoms with Crippen molar-refractivity contribution in [1.82, 2.24) is 0 Å². The average Bonchev–Trinajstić information content (AvgIpc) is 2.75. The molecule has 3 aromatic carbocycles. The molecule has 30 heavy (non-hydrogen) atoms. The second kappa shape index (κ2) is 13.0. The maximum atomic E-state index is 6.11. The summed E-state index contributed by atoms with van der Waals surface area (Å²) in [7, 11) is 1.67. The summed E-state index contributed by atoms with van der Waals surface area (Å²) in [6.07, 6.45) is 0. The summed E-state index contributed by atoms with van der Waals surface area (Å²) in [5.41, 5.74) is 11.4. The van der Waals surface area contributed by atoms with E-state index >= 15 is 0 Å². The number of guanidine groups is 1. The molecule has 0 saturated heterocycles. The van der Waals surface area contributed by atoms with Crippen LogP contribution in [0.15, 0.2) is 83.9 Å². The van der Waals surface area contributed by atoms with Gasteiger partial charge in [0.1, 0.15) is 0 Å². The second-order valence-electron chi connectivity index (χ2n) is 6.66. The van der Waals surface area contributed by atoms with Gasteiger partial charge in [-0.25, -0.2) is 4.99 Å². The summed E-state index contributed by atoms with van der Waals surface area (Å²) >= 11 is 0. The van der Waals surface area contributed by atoms with Gasteiger partial charge in [0, 0.05) is 18.4 Å². The van der Waals surface area contributed by atoms with E-state index in [1.807, 2.05) is 54.6 Å². The molecule has 0 saturated carbocycles. The molecular formula is C24H28IN3O2. The van der Waals surface area contributed by atoms with Gasteiger partial charge in [0.15, 0.2) is 5.96 Å². The first kappa shape index (κ1) is 23.9. The molecule has 3 N–H and O–H groups in total. The van der Waals surface area contributed by atoms with Gasteiger partial charge in [-0.1, -0.05) is 72.8 Å². The number of aliphatic imine (C=N–C) groups is 1. The quantitative estimate of drug-likeness (QED) is 0.236. The summed E-state index contributed by atoms with van der Waals surface area (Å²) < 4.78 is 11.1. The molecule has 0 amide bonds. The molecule has 158 valence electrons. The van der Waals surface area contributed by atoms with Crippen molar-refractivity contribution in [2.24, 2.45) is 10.7 Å². The van der Waals surface area contributed by atoms with Crippen molar-refractivity contribution in [3.05, 3.63) is 101 Å². The Morgan fingerprint density at radius 2 is 1.43 bits per heavy atom. The molecule has 0 aromatic heterocycles. The van der Waals surface area contributed by atoms with Crippen LogP contribution in [-0.2, 0) is 35.8 Å². The highest BCUT2D eigenvalue weighted by Gasteiger charge is 2.05. The van der Waals surface area contributed by atoms with Crippen molar-refractivity contribution in [2.75, 3.05) is 12.4 Å². The Labute approximate surface area is 195 Å². The number of para-hydroxylation sites is 1. The molecule has 0 atom stereocenters. The number of hydrogen-bond donors (Lipinski definition) is 2. The Bertz CT molecular complexity index is 932. The van der Waals surface area contributed by atoms with Crippen LogP contribution in [0.25, 0.3) is 0 Å². The van der Waals surface area contributed by atoms with E-state index in [4.69, 9.17) is 15.2 Å². The fourth-order valence-electron chi connectivity index (χ4n) is 2.98. The first-order valence-electron chi connectivity index (χ1n) is 9.58. The molecule has 0 aliphatic heterocycles. The number of methoxy groups -OCH3 is 1. The number of ether oxygens (including phenoxy) is 2. The summed E-state index contributed by atoms with van der Waals surface area (Å²) in [5, 5.41) is 3.17. The molecule has 0 radical (unpaired) electrons. The van der Waals surface area contributed by atoms with Gasteiger partial charge in [-0.2, -0.15) is 0 Å². The van der Waals surface area contributed by atoms with E-state index in [0.717, 1.165) is 27.9 Å². The smallest absolute Gasteiger partial charge is 0.193 e. The lowest BCUT2D eigenvalue weighted by Crippen LogP contribution is -2.23. The number of halogens is 1. The summed E-state index contributed by atoms with van der Waals surface area (Å²) in [6.45, 7) is 2.11. The van der Waals surface area contributed by atoms with Gasteiger partial charge in [-0.05, 0) is 22.8 Å². The van der Waals surface area contributed by atoms with Crippen LogP contribution in [0.5, 0.6) is 0 Å². The Hall–Kier alpha value is -2.42. The molecule has 3 rings (SSSR count). The number of anilines is 1. The molecule has 0 fully saturated rings. The highest BCUT2D eigenvalue weighted by atomic mass is 127. The standard InChI is InChI=1S/C24H27N3O2.HI/c1-28-17-22-13-7-8-14-23(22)27-24(25)26-15-20-11-5-6-12-21(20)18-29-16-19-9-3-2-4-10-19;/h2-14H,15-18H2,1H3,(H3,25,26,27);1H. The average molecular weight is 517 g/mol. The number of benzene rings is 3. The van der Waals surface area contributed by atoms with Crippen molar-refractivity contribution in [1.29, 1.82) is 0 Å². The number of nitrogens with two attached hydrogens (primary N) is 1. The van der Waals surface area contributed by atoms with E-state index < -0.39 is 0 Å². The Balaban J connectivity index is 0.00000320. The lowest BCUT2D eigenvalue weighted by Gasteiger charge is -2.12. The Morgan fingerprint density at radius 3 is 2.17 bits per heavy atom. The van der Waals surface area contributed by atoms with Crippen molar-refractivity contribution >= 4 is 35.6 Å². The third-order valence-corrected chi connectivity index (χ3v) is 4.49. The number of nitrogens with one attached hydrogen (secondary N) is 1. The zero-order valence-electron chi connectivity index (χ0n) is 17.1. The number of hydrogen-bond acceptors (Lipinski definition) is 3. The van der Waals surface area contributed by atoms with E-state index in [9.17, 15) is 0 Å². The summed E-state index contributed by atoms with van der Waals surface area (Å²) in [6, 6.07) is 26.2. The molecule has 5 nitrogen and oxygen atoms in total. The van der Waals surface area contributed by atoms with Crippen molar-refractivity contribution in [3.63, 3.8) is 0 Å². The zero-order chi connectivity index (χ0) is 20.3. The normalized spacial score (nSPS) is 11.0. The van der Waals surface area contributed by atoms with Crippen molar-refractivity contribution in [3.8, 4) is 0 Å². The van der Waals surface area contributed by atoms with Gasteiger partial charge in [-0.3, -0.25) is 0 Å². The number of nitrogens with zero attached hydrogens (tertiary/aromatic N) is 1. The lowest BCUT2D eigenvalue weighted by molar-refractivity contribution is 0.106. The third kappa shape index (κ3) is 7.44. The fraction of sp³-hybridized carbons (Fsp3) is 0.208. The van der Waals surface area contributed by atoms with Gasteiger partial charge >= 0.3 is 0 Å². The minimum atomic E-state index is 0. The Morgan fingerprint density at radius 1 is 0.800 bits per heavy atom. The molecule has 3 aromatic rings. The first-order valence-corrected chi connectivity index (χ1v) is 9.58. The second-order valence-corrected chi connectivity index (χ2v) is 6.66. The monoisotopic (exact) mass is 517 g/mol. The SMILES string of the molecule is COCc1ccccc1NC(N)=NCc1ccccc1COCc1ccccc1.I.